The summed E-state index contributed by atoms with van der Waals surface area (Å²) in [5.41, 5.74) is 0.444. The van der Waals surface area contributed by atoms with Gasteiger partial charge < -0.3 is 15.0 Å². The van der Waals surface area contributed by atoms with E-state index in [4.69, 9.17) is 4.74 Å². The third kappa shape index (κ3) is 4.79. The largest absolute Gasteiger partial charge is 0.496 e. The fourth-order valence-electron chi connectivity index (χ4n) is 3.02. The summed E-state index contributed by atoms with van der Waals surface area (Å²) in [6.45, 7) is 0.512. The summed E-state index contributed by atoms with van der Waals surface area (Å²) >= 11 is 0. The summed E-state index contributed by atoms with van der Waals surface area (Å²) in [6, 6.07) is 11.1. The molecule has 0 aromatic heterocycles. The van der Waals surface area contributed by atoms with E-state index in [0.29, 0.717) is 23.9 Å². The molecule has 0 saturated heterocycles. The number of rotatable bonds is 8. The number of carbonyl (C=O) groups excluding carboxylic acids is 1. The monoisotopic (exact) mass is 374 g/mol. The summed E-state index contributed by atoms with van der Waals surface area (Å²) in [6.07, 6.45) is 1.97. The summed E-state index contributed by atoms with van der Waals surface area (Å²) in [5, 5.41) is 13.8. The first-order valence-electron chi connectivity index (χ1n) is 8.68. The van der Waals surface area contributed by atoms with E-state index in [1.807, 2.05) is 0 Å². The molecule has 142 valence electrons. The Kier molecular flexibility index (Phi) is 5.66. The Morgan fingerprint density at radius 3 is 2.70 bits per heavy atom. The molecular weight excluding hydrogens is 353 g/mol. The maximum atomic E-state index is 13.9. The van der Waals surface area contributed by atoms with Gasteiger partial charge in [-0.3, -0.25) is 14.9 Å². The highest BCUT2D eigenvalue weighted by Gasteiger charge is 2.35. The lowest BCUT2D eigenvalue weighted by Crippen LogP contribution is -3.13. The molecule has 27 heavy (non-hydrogen) atoms. The molecule has 0 heterocycles. The van der Waals surface area contributed by atoms with Crippen LogP contribution in [-0.4, -0.2) is 30.5 Å². The maximum absolute atomic E-state index is 13.9. The van der Waals surface area contributed by atoms with E-state index in [-0.39, 0.29) is 29.6 Å². The van der Waals surface area contributed by atoms with Crippen LogP contribution >= 0.6 is 0 Å². The molecule has 1 saturated carbocycles. The minimum Gasteiger partial charge on any atom is -0.496 e. The lowest BCUT2D eigenvalue weighted by Gasteiger charge is -2.19. The molecule has 1 aliphatic carbocycles. The van der Waals surface area contributed by atoms with Gasteiger partial charge >= 0.3 is 0 Å². The number of methoxy groups -OCH3 is 1. The van der Waals surface area contributed by atoms with Crippen molar-refractivity contribution < 1.29 is 23.7 Å². The zero-order valence-electron chi connectivity index (χ0n) is 14.9. The van der Waals surface area contributed by atoms with Crippen LogP contribution in [0.2, 0.25) is 0 Å². The molecule has 0 spiro atoms. The number of anilines is 1. The van der Waals surface area contributed by atoms with Crippen molar-refractivity contribution in [1.82, 2.24) is 0 Å². The molecule has 2 aromatic rings. The number of hydrogen-bond donors (Lipinski definition) is 2. The second-order valence-corrected chi connectivity index (χ2v) is 6.57. The van der Waals surface area contributed by atoms with Gasteiger partial charge in [-0.05, 0) is 18.2 Å². The lowest BCUT2D eigenvalue weighted by molar-refractivity contribution is -0.917. The molecule has 3 rings (SSSR count). The van der Waals surface area contributed by atoms with Crippen LogP contribution in [0.25, 0.3) is 0 Å². The molecule has 0 radical (unpaired) electrons. The Morgan fingerprint density at radius 2 is 2.07 bits per heavy atom. The summed E-state index contributed by atoms with van der Waals surface area (Å²) in [4.78, 5) is 24.1. The third-order valence-electron chi connectivity index (χ3n) is 4.59. The van der Waals surface area contributed by atoms with E-state index in [0.717, 1.165) is 17.7 Å². The number of nitrogens with zero attached hydrogens (tertiary/aromatic N) is 1. The zero-order valence-corrected chi connectivity index (χ0v) is 14.9. The summed E-state index contributed by atoms with van der Waals surface area (Å²) < 4.78 is 18.9. The van der Waals surface area contributed by atoms with Gasteiger partial charge in [0.1, 0.15) is 23.8 Å². The Hall–Kier alpha value is -3.00. The smallest absolute Gasteiger partial charge is 0.296 e. The SMILES string of the molecule is COc1ccc(NC(=O)C[NH+](Cc2ccccc2F)C2CC2)c([N+](=O)[O-])c1. The van der Waals surface area contributed by atoms with Gasteiger partial charge in [0.2, 0.25) is 0 Å². The second kappa shape index (κ2) is 8.13. The van der Waals surface area contributed by atoms with E-state index in [1.54, 1.807) is 24.3 Å². The Bertz CT molecular complexity index is 855. The zero-order chi connectivity index (χ0) is 19.4. The van der Waals surface area contributed by atoms with Gasteiger partial charge in [0.15, 0.2) is 6.54 Å². The number of amides is 1. The number of nitro benzene ring substituents is 1. The van der Waals surface area contributed by atoms with Crippen molar-refractivity contribution in [3.63, 3.8) is 0 Å². The van der Waals surface area contributed by atoms with Crippen molar-refractivity contribution in [1.29, 1.82) is 0 Å². The number of benzene rings is 2. The van der Waals surface area contributed by atoms with Crippen LogP contribution in [0.15, 0.2) is 42.5 Å². The minimum atomic E-state index is -0.566. The van der Waals surface area contributed by atoms with Gasteiger partial charge in [-0.2, -0.15) is 0 Å². The van der Waals surface area contributed by atoms with E-state index in [2.05, 4.69) is 5.32 Å². The van der Waals surface area contributed by atoms with Crippen LogP contribution in [-0.2, 0) is 11.3 Å². The maximum Gasteiger partial charge on any atom is 0.296 e. The lowest BCUT2D eigenvalue weighted by atomic mass is 10.2. The van der Waals surface area contributed by atoms with Crippen molar-refractivity contribution in [2.75, 3.05) is 19.0 Å². The fourth-order valence-corrected chi connectivity index (χ4v) is 3.02. The number of quaternary nitrogens is 1. The summed E-state index contributed by atoms with van der Waals surface area (Å²) in [7, 11) is 1.41. The highest BCUT2D eigenvalue weighted by molar-refractivity contribution is 5.93. The van der Waals surface area contributed by atoms with Crippen LogP contribution in [0.5, 0.6) is 5.75 Å². The molecule has 0 aliphatic heterocycles. The Labute approximate surface area is 155 Å². The first kappa shape index (κ1) is 18.8. The molecule has 7 nitrogen and oxygen atoms in total. The van der Waals surface area contributed by atoms with Crippen molar-refractivity contribution in [3.8, 4) is 5.75 Å². The van der Waals surface area contributed by atoms with E-state index >= 15 is 0 Å². The molecule has 0 bridgehead atoms. The highest BCUT2D eigenvalue weighted by Crippen LogP contribution is 2.28. The third-order valence-corrected chi connectivity index (χ3v) is 4.59. The van der Waals surface area contributed by atoms with Crippen molar-refractivity contribution >= 4 is 17.3 Å². The molecule has 8 heteroatoms. The Morgan fingerprint density at radius 1 is 1.33 bits per heavy atom. The van der Waals surface area contributed by atoms with Gasteiger partial charge in [0.05, 0.1) is 24.1 Å². The quantitative estimate of drug-likeness (QED) is 0.546. The normalized spacial score (nSPS) is 14.4. The van der Waals surface area contributed by atoms with Crippen LogP contribution in [0.3, 0.4) is 0 Å². The van der Waals surface area contributed by atoms with Crippen LogP contribution in [0, 0.1) is 15.9 Å². The predicted molar refractivity (Wildman–Crippen MR) is 97.2 cm³/mol. The number of hydrogen-bond acceptors (Lipinski definition) is 4. The van der Waals surface area contributed by atoms with Gasteiger partial charge in [-0.25, -0.2) is 4.39 Å². The molecular formula is C19H21FN3O4+. The number of nitro groups is 1. The molecule has 1 unspecified atom stereocenters. The fraction of sp³-hybridized carbons (Fsp3) is 0.316. The van der Waals surface area contributed by atoms with Crippen LogP contribution in [0.1, 0.15) is 18.4 Å². The number of halogens is 1. The molecule has 2 aromatic carbocycles. The first-order chi connectivity index (χ1) is 13.0. The molecule has 1 fully saturated rings. The van der Waals surface area contributed by atoms with Gasteiger partial charge in [-0.1, -0.05) is 18.2 Å². The number of ether oxygens (including phenoxy) is 1. The van der Waals surface area contributed by atoms with E-state index in [1.165, 1.54) is 25.3 Å². The van der Waals surface area contributed by atoms with E-state index < -0.39 is 4.92 Å². The number of carbonyl (C=O) groups is 1. The molecule has 1 aliphatic rings. The van der Waals surface area contributed by atoms with Crippen LogP contribution < -0.4 is 15.0 Å². The molecule has 1 atom stereocenters. The van der Waals surface area contributed by atoms with Crippen molar-refractivity contribution in [3.05, 3.63) is 64.0 Å². The van der Waals surface area contributed by atoms with Gasteiger partial charge in [0, 0.05) is 18.4 Å². The highest BCUT2D eigenvalue weighted by atomic mass is 19.1. The molecule has 2 N–H and O–H groups in total. The number of nitrogens with one attached hydrogen (secondary N) is 2. The summed E-state index contributed by atoms with van der Waals surface area (Å²) in [5.74, 6) is -0.298. The average Bonchev–Trinajstić information content (AvgIpc) is 3.48. The van der Waals surface area contributed by atoms with Crippen LogP contribution in [0.4, 0.5) is 15.8 Å². The van der Waals surface area contributed by atoms with Crippen molar-refractivity contribution in [2.24, 2.45) is 0 Å². The van der Waals surface area contributed by atoms with Gasteiger partial charge in [0.25, 0.3) is 11.6 Å². The second-order valence-electron chi connectivity index (χ2n) is 6.57. The molecule has 1 amide bonds. The Balaban J connectivity index is 1.70. The van der Waals surface area contributed by atoms with Crippen molar-refractivity contribution in [2.45, 2.75) is 25.4 Å². The van der Waals surface area contributed by atoms with E-state index in [9.17, 15) is 19.3 Å². The standard InChI is InChI=1S/C19H20FN3O4/c1-27-15-8-9-17(18(10-15)23(25)26)21-19(24)12-22(14-6-7-14)11-13-4-2-3-5-16(13)20/h2-5,8-10,14H,6-7,11-12H2,1H3,(H,21,24)/p+1. The average molecular weight is 374 g/mol. The minimum absolute atomic E-state index is 0.113. The first-order valence-corrected chi connectivity index (χ1v) is 8.68. The predicted octanol–water partition coefficient (Wildman–Crippen LogP) is 1.93. The topological polar surface area (TPSA) is 85.9 Å². The van der Waals surface area contributed by atoms with Gasteiger partial charge in [-0.15, -0.1) is 0 Å².